The Kier molecular flexibility index (Phi) is 8.23. The van der Waals surface area contributed by atoms with Gasteiger partial charge in [0, 0.05) is 38.7 Å². The van der Waals surface area contributed by atoms with E-state index < -0.39 is 0 Å². The summed E-state index contributed by atoms with van der Waals surface area (Å²) < 4.78 is 2.45. The first-order chi connectivity index (χ1) is 30.9. The van der Waals surface area contributed by atoms with Crippen molar-refractivity contribution in [2.24, 2.45) is 0 Å². The summed E-state index contributed by atoms with van der Waals surface area (Å²) in [7, 11) is 0. The van der Waals surface area contributed by atoms with Crippen molar-refractivity contribution in [2.75, 3.05) is 4.90 Å². The molecule has 0 radical (unpaired) electrons. The van der Waals surface area contributed by atoms with Crippen molar-refractivity contribution in [2.45, 2.75) is 64.7 Å². The van der Waals surface area contributed by atoms with Gasteiger partial charge in [0.15, 0.2) is 0 Å². The zero-order valence-corrected chi connectivity index (χ0v) is 37.8. The number of nitrogens with zero attached hydrogens (tertiary/aromatic N) is 2. The van der Waals surface area contributed by atoms with E-state index in [9.17, 15) is 0 Å². The normalized spacial score (nSPS) is 14.4. The Hall–Kier alpha value is -7.16. The van der Waals surface area contributed by atoms with Crippen LogP contribution in [0, 0.1) is 0 Å². The fraction of sp³-hybridized carbons (Fsp3) is 0.161. The Morgan fingerprint density at radius 3 is 1.62 bits per heavy atom. The number of hydrogen-bond donors (Lipinski definition) is 0. The third-order valence-corrected chi connectivity index (χ3v) is 14.6. The molecule has 0 unspecified atom stereocenters. The SMILES string of the molecule is CC(C)(C)c1c2c(c(N(c3ccc(-c4ccc5ccccc5c4)cc3)c3ccc4c5ccccc5n(-c5ccccc5)c4c3)c3c1-c1ccccc1C3(C)C)C(C)(C)c1ccccc1-2. The molecular formula is C62H52N2. The van der Waals surface area contributed by atoms with E-state index in [0.717, 1.165) is 17.1 Å². The van der Waals surface area contributed by atoms with Crippen LogP contribution in [0.2, 0.25) is 0 Å². The summed E-state index contributed by atoms with van der Waals surface area (Å²) in [4.78, 5) is 2.64. The Balaban J connectivity index is 1.22. The summed E-state index contributed by atoms with van der Waals surface area (Å²) in [6.07, 6.45) is 0. The van der Waals surface area contributed by atoms with Crippen LogP contribution in [0.25, 0.3) is 71.6 Å². The van der Waals surface area contributed by atoms with E-state index in [0.29, 0.717) is 0 Å². The number of rotatable bonds is 5. The summed E-state index contributed by atoms with van der Waals surface area (Å²) in [5.41, 5.74) is 21.3. The monoisotopic (exact) mass is 824 g/mol. The van der Waals surface area contributed by atoms with Gasteiger partial charge in [-0.25, -0.2) is 0 Å². The molecule has 0 N–H and O–H groups in total. The Morgan fingerprint density at radius 2 is 0.969 bits per heavy atom. The van der Waals surface area contributed by atoms with E-state index in [1.807, 2.05) is 0 Å². The zero-order chi connectivity index (χ0) is 43.7. The average molecular weight is 825 g/mol. The van der Waals surface area contributed by atoms with Gasteiger partial charge in [-0.2, -0.15) is 0 Å². The van der Waals surface area contributed by atoms with Gasteiger partial charge in [0.05, 0.1) is 16.7 Å². The third kappa shape index (κ3) is 5.45. The summed E-state index contributed by atoms with van der Waals surface area (Å²) in [6, 6.07) is 70.2. The summed E-state index contributed by atoms with van der Waals surface area (Å²) in [6.45, 7) is 17.1. The van der Waals surface area contributed by atoms with Gasteiger partial charge in [-0.3, -0.25) is 0 Å². The van der Waals surface area contributed by atoms with Gasteiger partial charge in [0.2, 0.25) is 0 Å². The second-order valence-corrected chi connectivity index (χ2v) is 20.1. The van der Waals surface area contributed by atoms with E-state index in [4.69, 9.17) is 0 Å². The molecule has 2 heteroatoms. The number of benzene rings is 9. The lowest BCUT2D eigenvalue weighted by molar-refractivity contribution is 0.587. The largest absolute Gasteiger partial charge is 0.310 e. The number of hydrogen-bond acceptors (Lipinski definition) is 1. The molecule has 0 amide bonds. The average Bonchev–Trinajstić information content (AvgIpc) is 3.85. The fourth-order valence-electron chi connectivity index (χ4n) is 11.8. The molecule has 0 fully saturated rings. The second kappa shape index (κ2) is 13.7. The second-order valence-electron chi connectivity index (χ2n) is 20.1. The smallest absolute Gasteiger partial charge is 0.0561 e. The van der Waals surface area contributed by atoms with Crippen molar-refractivity contribution < 1.29 is 0 Å². The van der Waals surface area contributed by atoms with E-state index in [1.54, 1.807) is 0 Å². The van der Waals surface area contributed by atoms with E-state index in [2.05, 4.69) is 246 Å². The molecule has 0 atom stereocenters. The maximum atomic E-state index is 2.64. The highest BCUT2D eigenvalue weighted by atomic mass is 15.2. The lowest BCUT2D eigenvalue weighted by atomic mass is 9.71. The van der Waals surface area contributed by atoms with Gasteiger partial charge in [0.1, 0.15) is 0 Å². The van der Waals surface area contributed by atoms with Crippen LogP contribution in [0.15, 0.2) is 188 Å². The van der Waals surface area contributed by atoms with Crippen LogP contribution in [-0.2, 0) is 16.2 Å². The predicted octanol–water partition coefficient (Wildman–Crippen LogP) is 17.0. The van der Waals surface area contributed by atoms with Crippen LogP contribution in [-0.4, -0.2) is 4.57 Å². The number of fused-ring (bicyclic) bond motifs is 10. The van der Waals surface area contributed by atoms with Crippen molar-refractivity contribution >= 4 is 49.6 Å². The minimum Gasteiger partial charge on any atom is -0.310 e. The van der Waals surface area contributed by atoms with Gasteiger partial charge in [-0.05, 0) is 126 Å². The Labute approximate surface area is 377 Å². The fourth-order valence-corrected chi connectivity index (χ4v) is 11.8. The van der Waals surface area contributed by atoms with E-state index >= 15 is 0 Å². The molecule has 2 aliphatic rings. The Bertz CT molecular complexity index is 3430. The van der Waals surface area contributed by atoms with Crippen LogP contribution >= 0.6 is 0 Å². The highest BCUT2D eigenvalue weighted by Gasteiger charge is 2.50. The maximum absolute atomic E-state index is 2.64. The number of para-hydroxylation sites is 2. The standard InChI is InChI=1S/C62H52N2/c1-60(2,3)56-54-48-24-13-16-26-50(48)61(4,5)57(54)59(58-55(56)49-25-14-17-27-51(49)62(58,6)7)63(44-33-31-40(32-34-44)42-30-29-39-19-11-12-20-41(39)37-42)45-35-36-47-46-23-15-18-28-52(46)64(53(47)38-45)43-21-9-8-10-22-43/h8-38H,1-7H3. The minimum absolute atomic E-state index is 0.143. The molecule has 0 saturated heterocycles. The van der Waals surface area contributed by atoms with Crippen LogP contribution in [0.1, 0.15) is 76.3 Å². The van der Waals surface area contributed by atoms with E-state index in [1.165, 1.54) is 99.5 Å². The molecule has 64 heavy (non-hydrogen) atoms. The van der Waals surface area contributed by atoms with Crippen molar-refractivity contribution in [1.82, 2.24) is 4.57 Å². The first-order valence-electron chi connectivity index (χ1n) is 22.9. The summed E-state index contributed by atoms with van der Waals surface area (Å²) in [5.74, 6) is 0. The predicted molar refractivity (Wildman–Crippen MR) is 272 cm³/mol. The Morgan fingerprint density at radius 1 is 0.438 bits per heavy atom. The maximum Gasteiger partial charge on any atom is 0.0561 e. The summed E-state index contributed by atoms with van der Waals surface area (Å²) >= 11 is 0. The van der Waals surface area contributed by atoms with Crippen molar-refractivity contribution in [3.05, 3.63) is 216 Å². The highest BCUT2D eigenvalue weighted by molar-refractivity contribution is 6.11. The molecule has 310 valence electrons. The van der Waals surface area contributed by atoms with Crippen molar-refractivity contribution in [3.8, 4) is 39.1 Å². The van der Waals surface area contributed by atoms with Gasteiger partial charge in [-0.15, -0.1) is 0 Å². The van der Waals surface area contributed by atoms with Crippen LogP contribution in [0.5, 0.6) is 0 Å². The molecular weight excluding hydrogens is 773 g/mol. The molecule has 2 aliphatic carbocycles. The topological polar surface area (TPSA) is 8.17 Å². The first-order valence-corrected chi connectivity index (χ1v) is 22.9. The van der Waals surface area contributed by atoms with Gasteiger partial charge in [-0.1, -0.05) is 188 Å². The van der Waals surface area contributed by atoms with Crippen LogP contribution in [0.4, 0.5) is 17.1 Å². The number of aromatic nitrogens is 1. The van der Waals surface area contributed by atoms with Crippen molar-refractivity contribution in [3.63, 3.8) is 0 Å². The lowest BCUT2D eigenvalue weighted by Gasteiger charge is -2.39. The molecule has 1 aromatic heterocycles. The third-order valence-electron chi connectivity index (χ3n) is 14.6. The van der Waals surface area contributed by atoms with Gasteiger partial charge >= 0.3 is 0 Å². The molecule has 0 saturated carbocycles. The molecule has 9 aromatic carbocycles. The quantitative estimate of drug-likeness (QED) is 0.168. The lowest BCUT2D eigenvalue weighted by Crippen LogP contribution is -2.27. The first kappa shape index (κ1) is 38.5. The molecule has 12 rings (SSSR count). The highest BCUT2D eigenvalue weighted by Crippen LogP contribution is 2.65. The van der Waals surface area contributed by atoms with Gasteiger partial charge < -0.3 is 9.47 Å². The minimum atomic E-state index is -0.298. The zero-order valence-electron chi connectivity index (χ0n) is 37.8. The van der Waals surface area contributed by atoms with Crippen LogP contribution < -0.4 is 4.90 Å². The molecule has 0 spiro atoms. The molecule has 0 aliphatic heterocycles. The van der Waals surface area contributed by atoms with Crippen LogP contribution in [0.3, 0.4) is 0 Å². The summed E-state index contributed by atoms with van der Waals surface area (Å²) in [5, 5.41) is 5.00. The molecule has 10 aromatic rings. The molecule has 0 bridgehead atoms. The van der Waals surface area contributed by atoms with E-state index in [-0.39, 0.29) is 16.2 Å². The molecule has 1 heterocycles. The molecule has 2 nitrogen and oxygen atoms in total. The number of anilines is 3. The van der Waals surface area contributed by atoms with Crippen molar-refractivity contribution in [1.29, 1.82) is 0 Å². The van der Waals surface area contributed by atoms with Gasteiger partial charge in [0.25, 0.3) is 0 Å².